The quantitative estimate of drug-likeness (QED) is 0.713. The van der Waals surface area contributed by atoms with Crippen LogP contribution in [-0.4, -0.2) is 35.7 Å². The van der Waals surface area contributed by atoms with Gasteiger partial charge < -0.3 is 19.4 Å². The Morgan fingerprint density at radius 1 is 1.11 bits per heavy atom. The van der Waals surface area contributed by atoms with Crippen molar-refractivity contribution in [2.75, 3.05) is 19.9 Å². The van der Waals surface area contributed by atoms with Crippen LogP contribution >= 0.6 is 11.6 Å². The normalized spacial score (nSPS) is 15.9. The van der Waals surface area contributed by atoms with Gasteiger partial charge in [0.25, 0.3) is 5.91 Å². The molecule has 2 aliphatic rings. The third-order valence-electron chi connectivity index (χ3n) is 5.11. The Hall–Kier alpha value is -2.92. The molecule has 3 heterocycles. The van der Waals surface area contributed by atoms with E-state index in [-0.39, 0.29) is 12.7 Å². The number of amides is 1. The summed E-state index contributed by atoms with van der Waals surface area (Å²) in [5.41, 5.74) is 4.07. The topological polar surface area (TPSA) is 54.6 Å². The molecule has 0 unspecified atom stereocenters. The number of hydrogen-bond acceptors (Lipinski definition) is 3. The van der Waals surface area contributed by atoms with Crippen molar-refractivity contribution in [2.45, 2.75) is 6.42 Å². The molecule has 1 amide bonds. The van der Waals surface area contributed by atoms with E-state index in [9.17, 15) is 4.79 Å². The lowest BCUT2D eigenvalue weighted by atomic mass is 9.98. The van der Waals surface area contributed by atoms with Gasteiger partial charge in [-0.2, -0.15) is 0 Å². The molecule has 1 aromatic heterocycles. The summed E-state index contributed by atoms with van der Waals surface area (Å²) in [6.45, 7) is 1.46. The molecule has 3 aromatic rings. The molecule has 0 fully saturated rings. The molecule has 0 aliphatic carbocycles. The number of benzene rings is 2. The second-order valence-corrected chi connectivity index (χ2v) is 7.13. The maximum absolute atomic E-state index is 12.8. The first-order valence-electron chi connectivity index (χ1n) is 8.84. The van der Waals surface area contributed by atoms with E-state index in [0.29, 0.717) is 30.2 Å². The Morgan fingerprint density at radius 2 is 2.00 bits per heavy atom. The molecular formula is C21H17ClN2O3. The largest absolute Gasteiger partial charge is 0.454 e. The van der Waals surface area contributed by atoms with E-state index in [2.05, 4.69) is 11.1 Å². The van der Waals surface area contributed by atoms with Gasteiger partial charge in [-0.05, 0) is 48.4 Å². The number of H-pyrrole nitrogens is 1. The summed E-state index contributed by atoms with van der Waals surface area (Å²) in [7, 11) is 0. The van der Waals surface area contributed by atoms with Gasteiger partial charge in [0.15, 0.2) is 11.5 Å². The van der Waals surface area contributed by atoms with Crippen molar-refractivity contribution in [3.8, 4) is 11.5 Å². The second-order valence-electron chi connectivity index (χ2n) is 6.69. The van der Waals surface area contributed by atoms with E-state index in [1.807, 2.05) is 29.3 Å². The standard InChI is InChI=1S/C21H17ClN2O3/c22-15-2-3-18-16(10-15)17(11-23-18)13-5-7-24(8-6-13)21(25)14-1-4-19-20(9-14)27-12-26-19/h1-5,9-11,23H,6-8,12H2. The zero-order valence-electron chi connectivity index (χ0n) is 14.5. The minimum Gasteiger partial charge on any atom is -0.454 e. The molecular weight excluding hydrogens is 364 g/mol. The van der Waals surface area contributed by atoms with Crippen LogP contribution in [-0.2, 0) is 0 Å². The van der Waals surface area contributed by atoms with Gasteiger partial charge in [-0.3, -0.25) is 4.79 Å². The van der Waals surface area contributed by atoms with E-state index >= 15 is 0 Å². The van der Waals surface area contributed by atoms with Gasteiger partial charge in [0.05, 0.1) is 0 Å². The molecule has 27 heavy (non-hydrogen) atoms. The molecule has 5 nitrogen and oxygen atoms in total. The first-order valence-corrected chi connectivity index (χ1v) is 9.22. The average molecular weight is 381 g/mol. The van der Waals surface area contributed by atoms with Gasteiger partial charge in [-0.15, -0.1) is 0 Å². The van der Waals surface area contributed by atoms with E-state index in [4.69, 9.17) is 21.1 Å². The van der Waals surface area contributed by atoms with Crippen LogP contribution in [0.5, 0.6) is 11.5 Å². The van der Waals surface area contributed by atoms with Crippen LogP contribution in [0.2, 0.25) is 5.02 Å². The number of nitrogens with zero attached hydrogens (tertiary/aromatic N) is 1. The number of nitrogens with one attached hydrogen (secondary N) is 1. The zero-order valence-corrected chi connectivity index (χ0v) is 15.3. The van der Waals surface area contributed by atoms with Gasteiger partial charge >= 0.3 is 0 Å². The minimum atomic E-state index is 0.00516. The number of halogens is 1. The summed E-state index contributed by atoms with van der Waals surface area (Å²) in [6.07, 6.45) is 4.94. The lowest BCUT2D eigenvalue weighted by Crippen LogP contribution is -2.34. The molecule has 2 aromatic carbocycles. The number of fused-ring (bicyclic) bond motifs is 2. The average Bonchev–Trinajstić information content (AvgIpc) is 3.33. The monoisotopic (exact) mass is 380 g/mol. The number of hydrogen-bond donors (Lipinski definition) is 1. The number of aromatic amines is 1. The molecule has 1 N–H and O–H groups in total. The number of aromatic nitrogens is 1. The van der Waals surface area contributed by atoms with Crippen molar-refractivity contribution in [1.29, 1.82) is 0 Å². The smallest absolute Gasteiger partial charge is 0.254 e. The Kier molecular flexibility index (Phi) is 3.83. The highest BCUT2D eigenvalue weighted by molar-refractivity contribution is 6.31. The van der Waals surface area contributed by atoms with Gasteiger partial charge in [-0.1, -0.05) is 17.7 Å². The van der Waals surface area contributed by atoms with Gasteiger partial charge in [-0.25, -0.2) is 0 Å². The molecule has 136 valence electrons. The van der Waals surface area contributed by atoms with Crippen molar-refractivity contribution < 1.29 is 14.3 Å². The minimum absolute atomic E-state index is 0.00516. The molecule has 0 spiro atoms. The molecule has 5 rings (SSSR count). The molecule has 0 radical (unpaired) electrons. The highest BCUT2D eigenvalue weighted by Gasteiger charge is 2.23. The SMILES string of the molecule is O=C(c1ccc2c(c1)OCO2)N1CC=C(c2c[nH]c3ccc(Cl)cc23)CC1. The van der Waals surface area contributed by atoms with Gasteiger partial charge in [0.2, 0.25) is 6.79 Å². The summed E-state index contributed by atoms with van der Waals surface area (Å²) in [4.78, 5) is 18.0. The molecule has 0 atom stereocenters. The second kappa shape index (κ2) is 6.35. The fourth-order valence-electron chi connectivity index (χ4n) is 3.67. The van der Waals surface area contributed by atoms with Crippen molar-refractivity contribution in [3.63, 3.8) is 0 Å². The van der Waals surface area contributed by atoms with E-state index < -0.39 is 0 Å². The molecule has 6 heteroatoms. The third-order valence-corrected chi connectivity index (χ3v) is 5.34. The lowest BCUT2D eigenvalue weighted by molar-refractivity contribution is 0.0772. The maximum atomic E-state index is 12.8. The molecule has 2 aliphatic heterocycles. The van der Waals surface area contributed by atoms with Crippen LogP contribution in [0.1, 0.15) is 22.3 Å². The number of carbonyl (C=O) groups is 1. The molecule has 0 saturated carbocycles. The fourth-order valence-corrected chi connectivity index (χ4v) is 3.84. The van der Waals surface area contributed by atoms with Crippen LogP contribution in [0.25, 0.3) is 16.5 Å². The van der Waals surface area contributed by atoms with Crippen molar-refractivity contribution in [1.82, 2.24) is 9.88 Å². The highest BCUT2D eigenvalue weighted by atomic mass is 35.5. The number of ether oxygens (including phenoxy) is 2. The summed E-state index contributed by atoms with van der Waals surface area (Å²) in [5.74, 6) is 1.32. The highest BCUT2D eigenvalue weighted by Crippen LogP contribution is 2.34. The summed E-state index contributed by atoms with van der Waals surface area (Å²) < 4.78 is 10.7. The Morgan fingerprint density at radius 3 is 2.85 bits per heavy atom. The third kappa shape index (κ3) is 2.84. The van der Waals surface area contributed by atoms with Gasteiger partial charge in [0, 0.05) is 46.3 Å². The Bertz CT molecular complexity index is 1090. The first kappa shape index (κ1) is 16.3. The predicted octanol–water partition coefficient (Wildman–Crippen LogP) is 4.48. The van der Waals surface area contributed by atoms with E-state index in [1.54, 1.807) is 18.2 Å². The van der Waals surface area contributed by atoms with E-state index in [1.165, 1.54) is 5.57 Å². The van der Waals surface area contributed by atoms with Crippen LogP contribution in [0.3, 0.4) is 0 Å². The van der Waals surface area contributed by atoms with E-state index in [0.717, 1.165) is 27.9 Å². The molecule has 0 bridgehead atoms. The summed E-state index contributed by atoms with van der Waals surface area (Å²) in [5, 5.41) is 1.84. The summed E-state index contributed by atoms with van der Waals surface area (Å²) in [6, 6.07) is 11.2. The fraction of sp³-hybridized carbons (Fsp3) is 0.190. The molecule has 0 saturated heterocycles. The van der Waals surface area contributed by atoms with Crippen molar-refractivity contribution >= 4 is 34.0 Å². The summed E-state index contributed by atoms with van der Waals surface area (Å²) >= 11 is 6.15. The van der Waals surface area contributed by atoms with Gasteiger partial charge in [0.1, 0.15) is 0 Å². The van der Waals surface area contributed by atoms with Crippen LogP contribution < -0.4 is 9.47 Å². The van der Waals surface area contributed by atoms with Crippen molar-refractivity contribution in [3.05, 3.63) is 64.8 Å². The maximum Gasteiger partial charge on any atom is 0.254 e. The Labute approximate surface area is 161 Å². The number of carbonyl (C=O) groups excluding carboxylic acids is 1. The Balaban J connectivity index is 1.37. The van der Waals surface area contributed by atoms with Crippen LogP contribution in [0.15, 0.2) is 48.7 Å². The lowest BCUT2D eigenvalue weighted by Gasteiger charge is -2.26. The van der Waals surface area contributed by atoms with Crippen LogP contribution in [0.4, 0.5) is 0 Å². The number of rotatable bonds is 2. The zero-order chi connectivity index (χ0) is 18.4. The van der Waals surface area contributed by atoms with Crippen molar-refractivity contribution in [2.24, 2.45) is 0 Å². The first-order chi connectivity index (χ1) is 13.2. The predicted molar refractivity (Wildman–Crippen MR) is 104 cm³/mol. The van der Waals surface area contributed by atoms with Crippen LogP contribution in [0, 0.1) is 0 Å².